The van der Waals surface area contributed by atoms with Crippen molar-refractivity contribution in [2.45, 2.75) is 13.0 Å². The van der Waals surface area contributed by atoms with E-state index in [2.05, 4.69) is 15.3 Å². The molecule has 0 radical (unpaired) electrons. The van der Waals surface area contributed by atoms with Crippen molar-refractivity contribution in [3.63, 3.8) is 0 Å². The molecule has 1 aromatic carbocycles. The van der Waals surface area contributed by atoms with Gasteiger partial charge in [0.15, 0.2) is 0 Å². The number of anilines is 1. The van der Waals surface area contributed by atoms with Gasteiger partial charge in [-0.1, -0.05) is 0 Å². The van der Waals surface area contributed by atoms with Crippen LogP contribution in [0.5, 0.6) is 0 Å². The second-order valence-corrected chi connectivity index (χ2v) is 6.56. The third-order valence-electron chi connectivity index (χ3n) is 2.93. The molecule has 0 fully saturated rings. The zero-order valence-corrected chi connectivity index (χ0v) is 13.3. The van der Waals surface area contributed by atoms with Crippen LogP contribution in [0.25, 0.3) is 10.6 Å². The Hall–Kier alpha value is -2.09. The van der Waals surface area contributed by atoms with Crippen molar-refractivity contribution in [1.29, 1.82) is 0 Å². The van der Waals surface area contributed by atoms with E-state index in [1.807, 2.05) is 29.6 Å². The summed E-state index contributed by atoms with van der Waals surface area (Å²) in [4.78, 5) is 20.9. The van der Waals surface area contributed by atoms with E-state index >= 15 is 0 Å². The van der Waals surface area contributed by atoms with Crippen LogP contribution in [0.2, 0.25) is 0 Å². The minimum absolute atomic E-state index is 0.230. The monoisotopic (exact) mass is 331 g/mol. The molecule has 3 aromatic rings. The zero-order valence-electron chi connectivity index (χ0n) is 11.7. The number of nitrogens with zero attached hydrogens (tertiary/aromatic N) is 2. The summed E-state index contributed by atoms with van der Waals surface area (Å²) in [6.07, 6.45) is 2.58. The summed E-state index contributed by atoms with van der Waals surface area (Å²) in [6, 6.07) is 7.52. The van der Waals surface area contributed by atoms with Gasteiger partial charge in [-0.25, -0.2) is 9.97 Å². The summed E-state index contributed by atoms with van der Waals surface area (Å²) in [7, 11) is 0. The fourth-order valence-corrected chi connectivity index (χ4v) is 3.24. The van der Waals surface area contributed by atoms with Gasteiger partial charge in [-0.2, -0.15) is 0 Å². The first-order valence-corrected chi connectivity index (χ1v) is 8.28. The lowest BCUT2D eigenvalue weighted by molar-refractivity contribution is 0.103. The van der Waals surface area contributed by atoms with E-state index in [1.54, 1.807) is 24.5 Å². The summed E-state index contributed by atoms with van der Waals surface area (Å²) in [6.45, 7) is 1.62. The molecule has 3 rings (SSSR count). The molecule has 0 bridgehead atoms. The first-order valence-electron chi connectivity index (χ1n) is 6.58. The minimum atomic E-state index is -0.663. The van der Waals surface area contributed by atoms with E-state index in [1.165, 1.54) is 17.5 Å². The van der Waals surface area contributed by atoms with E-state index in [9.17, 15) is 9.90 Å². The normalized spacial score (nSPS) is 12.1. The second-order valence-electron chi connectivity index (χ2n) is 4.61. The van der Waals surface area contributed by atoms with Gasteiger partial charge in [0.05, 0.1) is 6.20 Å². The van der Waals surface area contributed by atoms with Crippen LogP contribution in [0, 0.1) is 0 Å². The number of hydrogen-bond donors (Lipinski definition) is 2. The van der Waals surface area contributed by atoms with E-state index in [0.717, 1.165) is 10.6 Å². The summed E-state index contributed by atoms with van der Waals surface area (Å²) < 4.78 is 0. The summed E-state index contributed by atoms with van der Waals surface area (Å²) in [5.41, 5.74) is 1.72. The molecule has 2 aromatic heterocycles. The van der Waals surface area contributed by atoms with Crippen molar-refractivity contribution < 1.29 is 9.90 Å². The number of hydrogen-bond acceptors (Lipinski definition) is 6. The highest BCUT2D eigenvalue weighted by Crippen LogP contribution is 2.24. The number of aromatic nitrogens is 2. The standard InChI is InChI=1S/C15H13N3O2S2/c1-9(19)14-17-8-12(22-14)13(20)18-11-4-2-10(3-5-11)15-16-6-7-21-15/h2-9,19H,1H3,(H,18,20)/t9-/m0/s1. The Morgan fingerprint density at radius 2 is 2.05 bits per heavy atom. The third-order valence-corrected chi connectivity index (χ3v) is 4.92. The maximum absolute atomic E-state index is 12.1. The topological polar surface area (TPSA) is 75.1 Å². The van der Waals surface area contributed by atoms with Gasteiger partial charge in [0.25, 0.3) is 5.91 Å². The highest BCUT2D eigenvalue weighted by Gasteiger charge is 2.13. The molecule has 0 spiro atoms. The zero-order chi connectivity index (χ0) is 15.5. The first kappa shape index (κ1) is 14.8. The average molecular weight is 331 g/mol. The number of aliphatic hydroxyl groups excluding tert-OH is 1. The SMILES string of the molecule is C[C@H](O)c1ncc(C(=O)Nc2ccc(-c3nccs3)cc2)s1. The van der Waals surface area contributed by atoms with E-state index in [0.29, 0.717) is 15.6 Å². The van der Waals surface area contributed by atoms with Crippen LogP contribution in [-0.2, 0) is 0 Å². The molecular formula is C15H13N3O2S2. The van der Waals surface area contributed by atoms with Gasteiger partial charge >= 0.3 is 0 Å². The van der Waals surface area contributed by atoms with Gasteiger partial charge in [-0.3, -0.25) is 4.79 Å². The van der Waals surface area contributed by atoms with Crippen molar-refractivity contribution >= 4 is 34.3 Å². The number of carbonyl (C=O) groups excluding carboxylic acids is 1. The Kier molecular flexibility index (Phi) is 4.28. The molecule has 0 aliphatic rings. The molecule has 7 heteroatoms. The number of aliphatic hydroxyl groups is 1. The molecule has 1 amide bonds. The van der Waals surface area contributed by atoms with Crippen molar-refractivity contribution in [1.82, 2.24) is 9.97 Å². The van der Waals surface area contributed by atoms with Crippen LogP contribution in [0.4, 0.5) is 5.69 Å². The first-order chi connectivity index (χ1) is 10.6. The molecule has 0 saturated heterocycles. The number of thiazole rings is 2. The molecule has 1 atom stereocenters. The highest BCUT2D eigenvalue weighted by atomic mass is 32.1. The van der Waals surface area contributed by atoms with Crippen molar-refractivity contribution in [3.8, 4) is 10.6 Å². The molecule has 2 heterocycles. The quantitative estimate of drug-likeness (QED) is 0.766. The van der Waals surface area contributed by atoms with Gasteiger partial charge in [0, 0.05) is 22.8 Å². The Bertz CT molecular complexity index is 764. The van der Waals surface area contributed by atoms with Crippen molar-refractivity contribution in [2.24, 2.45) is 0 Å². The lowest BCUT2D eigenvalue weighted by Crippen LogP contribution is -2.09. The van der Waals surface area contributed by atoms with Gasteiger partial charge < -0.3 is 10.4 Å². The average Bonchev–Trinajstić information content (AvgIpc) is 3.20. The Balaban J connectivity index is 1.71. The molecule has 112 valence electrons. The van der Waals surface area contributed by atoms with Gasteiger partial charge in [0.1, 0.15) is 21.0 Å². The summed E-state index contributed by atoms with van der Waals surface area (Å²) in [5.74, 6) is -0.230. The van der Waals surface area contributed by atoms with E-state index < -0.39 is 6.10 Å². The summed E-state index contributed by atoms with van der Waals surface area (Å²) >= 11 is 2.76. The number of carbonyl (C=O) groups is 1. The Morgan fingerprint density at radius 1 is 1.27 bits per heavy atom. The van der Waals surface area contributed by atoms with Gasteiger partial charge in [-0.05, 0) is 31.2 Å². The third kappa shape index (κ3) is 3.22. The fraction of sp³-hybridized carbons (Fsp3) is 0.133. The van der Waals surface area contributed by atoms with Gasteiger partial charge in [-0.15, -0.1) is 22.7 Å². The molecular weight excluding hydrogens is 318 g/mol. The number of nitrogens with one attached hydrogen (secondary N) is 1. The van der Waals surface area contributed by atoms with Crippen LogP contribution >= 0.6 is 22.7 Å². The predicted molar refractivity (Wildman–Crippen MR) is 88.3 cm³/mol. The molecule has 2 N–H and O–H groups in total. The van der Waals surface area contributed by atoms with E-state index in [4.69, 9.17) is 0 Å². The number of benzene rings is 1. The maximum Gasteiger partial charge on any atom is 0.267 e. The number of rotatable bonds is 4. The van der Waals surface area contributed by atoms with Crippen LogP contribution in [0.15, 0.2) is 42.0 Å². The fourth-order valence-electron chi connectivity index (χ4n) is 1.84. The Labute approximate surface area is 135 Å². The largest absolute Gasteiger partial charge is 0.386 e. The van der Waals surface area contributed by atoms with Crippen LogP contribution in [0.1, 0.15) is 27.7 Å². The Morgan fingerprint density at radius 3 is 2.64 bits per heavy atom. The van der Waals surface area contributed by atoms with Crippen LogP contribution in [-0.4, -0.2) is 21.0 Å². The van der Waals surface area contributed by atoms with Crippen LogP contribution < -0.4 is 5.32 Å². The summed E-state index contributed by atoms with van der Waals surface area (Å²) in [5, 5.41) is 15.7. The predicted octanol–water partition coefficient (Wildman–Crippen LogP) is 3.57. The maximum atomic E-state index is 12.1. The van der Waals surface area contributed by atoms with Crippen molar-refractivity contribution in [2.75, 3.05) is 5.32 Å². The smallest absolute Gasteiger partial charge is 0.267 e. The molecule has 22 heavy (non-hydrogen) atoms. The second kappa shape index (κ2) is 6.35. The number of amides is 1. The molecule has 0 aliphatic heterocycles. The molecule has 0 unspecified atom stereocenters. The van der Waals surface area contributed by atoms with Crippen molar-refractivity contribution in [3.05, 3.63) is 51.9 Å². The lowest BCUT2D eigenvalue weighted by Gasteiger charge is -2.04. The highest BCUT2D eigenvalue weighted by molar-refractivity contribution is 7.13. The molecule has 0 aliphatic carbocycles. The van der Waals surface area contributed by atoms with Crippen LogP contribution in [0.3, 0.4) is 0 Å². The molecule has 0 saturated carbocycles. The van der Waals surface area contributed by atoms with Gasteiger partial charge in [0.2, 0.25) is 0 Å². The lowest BCUT2D eigenvalue weighted by atomic mass is 10.2. The van der Waals surface area contributed by atoms with E-state index in [-0.39, 0.29) is 5.91 Å². The minimum Gasteiger partial charge on any atom is -0.386 e. The molecule has 5 nitrogen and oxygen atoms in total.